The molecule has 0 aromatic heterocycles. The van der Waals surface area contributed by atoms with Gasteiger partial charge in [-0.05, 0) is 49.7 Å². The molecule has 1 saturated carbocycles. The maximum absolute atomic E-state index is 12.2. The third-order valence-electron chi connectivity index (χ3n) is 5.54. The molecule has 5 heteroatoms. The summed E-state index contributed by atoms with van der Waals surface area (Å²) in [5.74, 6) is 0.709. The lowest BCUT2D eigenvalue weighted by Gasteiger charge is -2.21. The second-order valence-electron chi connectivity index (χ2n) is 7.45. The molecule has 5 nitrogen and oxygen atoms in total. The molecule has 1 aromatic carbocycles. The fourth-order valence-electron chi connectivity index (χ4n) is 3.71. The predicted octanol–water partition coefficient (Wildman–Crippen LogP) is 4.06. The smallest absolute Gasteiger partial charge is 0.251 e. The van der Waals surface area contributed by atoms with Crippen molar-refractivity contribution >= 4 is 17.5 Å². The van der Waals surface area contributed by atoms with Crippen LogP contribution in [0.25, 0.3) is 0 Å². The van der Waals surface area contributed by atoms with Gasteiger partial charge in [-0.2, -0.15) is 0 Å². The van der Waals surface area contributed by atoms with Crippen LogP contribution in [0.1, 0.15) is 69.2 Å². The maximum atomic E-state index is 12.2. The van der Waals surface area contributed by atoms with E-state index in [9.17, 15) is 9.59 Å². The summed E-state index contributed by atoms with van der Waals surface area (Å²) in [5, 5.41) is 5.89. The van der Waals surface area contributed by atoms with Gasteiger partial charge < -0.3 is 15.5 Å². The fraction of sp³-hybridized carbons (Fsp3) is 0.636. The molecule has 0 radical (unpaired) electrons. The van der Waals surface area contributed by atoms with Gasteiger partial charge in [-0.15, -0.1) is 0 Å². The standard InChI is InChI=1S/C22H35N3O2/c1-3-25(4-2)17-16-23-22(27)19-11-13-20(14-12-19)24-21(26)15-10-18-8-6-5-7-9-18/h11-14,18H,3-10,15-17H2,1-2H3,(H,23,27)(H,24,26). The number of hydrogen-bond acceptors (Lipinski definition) is 3. The molecule has 2 N–H and O–H groups in total. The summed E-state index contributed by atoms with van der Waals surface area (Å²) < 4.78 is 0. The Morgan fingerprint density at radius 1 is 1.04 bits per heavy atom. The minimum Gasteiger partial charge on any atom is -0.351 e. The summed E-state index contributed by atoms with van der Waals surface area (Å²) in [6.45, 7) is 7.71. The quantitative estimate of drug-likeness (QED) is 0.650. The van der Waals surface area contributed by atoms with Crippen LogP contribution in [0.5, 0.6) is 0 Å². The van der Waals surface area contributed by atoms with Crippen LogP contribution in [-0.4, -0.2) is 42.9 Å². The molecule has 0 heterocycles. The second kappa shape index (κ2) is 11.8. The van der Waals surface area contributed by atoms with Crippen LogP contribution in [-0.2, 0) is 4.79 Å². The van der Waals surface area contributed by atoms with Gasteiger partial charge in [-0.3, -0.25) is 9.59 Å². The molecule has 1 aliphatic rings. The highest BCUT2D eigenvalue weighted by Crippen LogP contribution is 2.27. The van der Waals surface area contributed by atoms with E-state index in [2.05, 4.69) is 29.4 Å². The molecule has 1 aromatic rings. The number of benzene rings is 1. The average Bonchev–Trinajstić information content (AvgIpc) is 2.71. The normalized spacial score (nSPS) is 14.9. The van der Waals surface area contributed by atoms with Crippen molar-refractivity contribution in [3.8, 4) is 0 Å². The number of carbonyl (C=O) groups is 2. The van der Waals surface area contributed by atoms with Gasteiger partial charge in [0.1, 0.15) is 0 Å². The first-order valence-electron chi connectivity index (χ1n) is 10.5. The number of amides is 2. The van der Waals surface area contributed by atoms with E-state index in [1.54, 1.807) is 24.3 Å². The van der Waals surface area contributed by atoms with E-state index in [-0.39, 0.29) is 11.8 Å². The Morgan fingerprint density at radius 3 is 2.33 bits per heavy atom. The molecule has 27 heavy (non-hydrogen) atoms. The molecule has 0 saturated heterocycles. The zero-order valence-electron chi connectivity index (χ0n) is 16.9. The van der Waals surface area contributed by atoms with Crippen molar-refractivity contribution in [3.63, 3.8) is 0 Å². The number of nitrogens with zero attached hydrogens (tertiary/aromatic N) is 1. The van der Waals surface area contributed by atoms with Gasteiger partial charge in [0.25, 0.3) is 5.91 Å². The Balaban J connectivity index is 1.71. The summed E-state index contributed by atoms with van der Waals surface area (Å²) in [4.78, 5) is 26.6. The summed E-state index contributed by atoms with van der Waals surface area (Å²) in [6.07, 6.45) is 8.07. The number of carbonyl (C=O) groups excluding carboxylic acids is 2. The van der Waals surface area contributed by atoms with Crippen LogP contribution in [0.4, 0.5) is 5.69 Å². The van der Waals surface area contributed by atoms with Crippen LogP contribution in [0, 0.1) is 5.92 Å². The average molecular weight is 374 g/mol. The Morgan fingerprint density at radius 2 is 1.70 bits per heavy atom. The lowest BCUT2D eigenvalue weighted by atomic mass is 9.86. The zero-order chi connectivity index (χ0) is 19.5. The van der Waals surface area contributed by atoms with E-state index in [1.165, 1.54) is 32.1 Å². The number of hydrogen-bond donors (Lipinski definition) is 2. The van der Waals surface area contributed by atoms with Crippen molar-refractivity contribution in [3.05, 3.63) is 29.8 Å². The Hall–Kier alpha value is -1.88. The van der Waals surface area contributed by atoms with E-state index in [1.807, 2.05) is 0 Å². The molecule has 1 fully saturated rings. The van der Waals surface area contributed by atoms with Crippen molar-refractivity contribution in [2.24, 2.45) is 5.92 Å². The molecule has 0 aliphatic heterocycles. The van der Waals surface area contributed by atoms with Crippen molar-refractivity contribution in [2.75, 3.05) is 31.5 Å². The number of nitrogens with one attached hydrogen (secondary N) is 2. The number of likely N-dealkylation sites (N-methyl/N-ethyl adjacent to an activating group) is 1. The molecule has 0 unspecified atom stereocenters. The van der Waals surface area contributed by atoms with Crippen molar-refractivity contribution < 1.29 is 9.59 Å². The lowest BCUT2D eigenvalue weighted by molar-refractivity contribution is -0.116. The van der Waals surface area contributed by atoms with Gasteiger partial charge in [-0.1, -0.05) is 46.0 Å². The van der Waals surface area contributed by atoms with Gasteiger partial charge in [0.2, 0.25) is 5.91 Å². The Bertz CT molecular complexity index is 576. The molecule has 0 atom stereocenters. The van der Waals surface area contributed by atoms with Crippen LogP contribution >= 0.6 is 0 Å². The molecule has 0 spiro atoms. The molecular weight excluding hydrogens is 338 g/mol. The predicted molar refractivity (Wildman–Crippen MR) is 111 cm³/mol. The van der Waals surface area contributed by atoms with Crippen LogP contribution < -0.4 is 10.6 Å². The summed E-state index contributed by atoms with van der Waals surface area (Å²) in [5.41, 5.74) is 1.37. The van der Waals surface area contributed by atoms with Gasteiger partial charge >= 0.3 is 0 Å². The minimum absolute atomic E-state index is 0.0667. The number of rotatable bonds is 10. The first-order valence-corrected chi connectivity index (χ1v) is 10.5. The van der Waals surface area contributed by atoms with Crippen LogP contribution in [0.3, 0.4) is 0 Å². The second-order valence-corrected chi connectivity index (χ2v) is 7.45. The maximum Gasteiger partial charge on any atom is 0.251 e. The van der Waals surface area contributed by atoms with E-state index in [0.717, 1.165) is 31.7 Å². The SMILES string of the molecule is CCN(CC)CCNC(=O)c1ccc(NC(=O)CCC2CCCCC2)cc1. The number of anilines is 1. The molecule has 0 bridgehead atoms. The summed E-state index contributed by atoms with van der Waals surface area (Å²) >= 11 is 0. The Kier molecular flexibility index (Phi) is 9.32. The van der Waals surface area contributed by atoms with Gasteiger partial charge in [0, 0.05) is 30.8 Å². The van der Waals surface area contributed by atoms with E-state index in [0.29, 0.717) is 24.4 Å². The summed E-state index contributed by atoms with van der Waals surface area (Å²) in [7, 11) is 0. The Labute approximate surface area is 163 Å². The van der Waals surface area contributed by atoms with Gasteiger partial charge in [0.05, 0.1) is 0 Å². The summed E-state index contributed by atoms with van der Waals surface area (Å²) in [6, 6.07) is 7.14. The zero-order valence-corrected chi connectivity index (χ0v) is 16.9. The highest BCUT2D eigenvalue weighted by molar-refractivity contribution is 5.95. The minimum atomic E-state index is -0.0719. The molecule has 2 rings (SSSR count). The molecular formula is C22H35N3O2. The van der Waals surface area contributed by atoms with Crippen molar-refractivity contribution in [1.82, 2.24) is 10.2 Å². The first-order chi connectivity index (χ1) is 13.1. The fourth-order valence-corrected chi connectivity index (χ4v) is 3.71. The van der Waals surface area contributed by atoms with Gasteiger partial charge in [0.15, 0.2) is 0 Å². The first kappa shape index (κ1) is 21.4. The highest BCUT2D eigenvalue weighted by atomic mass is 16.2. The molecule has 150 valence electrons. The van der Waals surface area contributed by atoms with Crippen LogP contribution in [0.2, 0.25) is 0 Å². The monoisotopic (exact) mass is 373 g/mol. The van der Waals surface area contributed by atoms with Crippen molar-refractivity contribution in [2.45, 2.75) is 58.8 Å². The molecule has 2 amide bonds. The van der Waals surface area contributed by atoms with Crippen LogP contribution in [0.15, 0.2) is 24.3 Å². The third kappa shape index (κ3) is 7.71. The van der Waals surface area contributed by atoms with Gasteiger partial charge in [-0.25, -0.2) is 0 Å². The van der Waals surface area contributed by atoms with Crippen molar-refractivity contribution in [1.29, 1.82) is 0 Å². The van der Waals surface area contributed by atoms with E-state index in [4.69, 9.17) is 0 Å². The highest BCUT2D eigenvalue weighted by Gasteiger charge is 2.15. The lowest BCUT2D eigenvalue weighted by Crippen LogP contribution is -2.34. The molecule has 1 aliphatic carbocycles. The largest absolute Gasteiger partial charge is 0.351 e. The van der Waals surface area contributed by atoms with E-state index < -0.39 is 0 Å². The topological polar surface area (TPSA) is 61.4 Å². The third-order valence-corrected chi connectivity index (χ3v) is 5.54. The van der Waals surface area contributed by atoms with E-state index >= 15 is 0 Å².